The summed E-state index contributed by atoms with van der Waals surface area (Å²) in [4.78, 5) is 14.3. The quantitative estimate of drug-likeness (QED) is 0.881. The zero-order chi connectivity index (χ0) is 14.6. The van der Waals surface area contributed by atoms with Crippen molar-refractivity contribution in [3.05, 3.63) is 18.5 Å². The van der Waals surface area contributed by atoms with Gasteiger partial charge >= 0.3 is 0 Å². The fourth-order valence-corrected chi connectivity index (χ4v) is 2.62. The van der Waals surface area contributed by atoms with Crippen LogP contribution < -0.4 is 5.73 Å². The Balaban J connectivity index is 0.00000220. The lowest BCUT2D eigenvalue weighted by Gasteiger charge is -2.37. The Morgan fingerprint density at radius 3 is 2.95 bits per heavy atom. The highest BCUT2D eigenvalue weighted by atomic mass is 35.5. The van der Waals surface area contributed by atoms with Crippen molar-refractivity contribution in [2.24, 2.45) is 5.73 Å². The Morgan fingerprint density at radius 1 is 1.57 bits per heavy atom. The summed E-state index contributed by atoms with van der Waals surface area (Å²) in [7, 11) is 0. The average molecular weight is 317 g/mol. The molecule has 6 nitrogen and oxygen atoms in total. The molecule has 0 spiro atoms. The van der Waals surface area contributed by atoms with Crippen molar-refractivity contribution >= 4 is 18.3 Å². The van der Waals surface area contributed by atoms with Crippen LogP contribution in [-0.4, -0.2) is 51.9 Å². The fraction of sp³-hybridized carbons (Fsp3) is 0.714. The molecule has 7 heteroatoms. The van der Waals surface area contributed by atoms with Gasteiger partial charge in [-0.2, -0.15) is 5.10 Å². The molecular formula is C14H25ClN4O2. The van der Waals surface area contributed by atoms with E-state index in [0.717, 1.165) is 6.42 Å². The Hall–Kier alpha value is -1.11. The molecule has 1 fully saturated rings. The van der Waals surface area contributed by atoms with E-state index in [1.54, 1.807) is 6.20 Å². The highest BCUT2D eigenvalue weighted by Gasteiger charge is 2.34. The molecule has 1 aromatic rings. The van der Waals surface area contributed by atoms with Crippen LogP contribution in [0.5, 0.6) is 0 Å². The molecule has 0 saturated carbocycles. The van der Waals surface area contributed by atoms with Crippen molar-refractivity contribution in [2.45, 2.75) is 44.9 Å². The first kappa shape index (κ1) is 17.9. The summed E-state index contributed by atoms with van der Waals surface area (Å²) in [6.45, 7) is 6.26. The van der Waals surface area contributed by atoms with Crippen LogP contribution in [0, 0.1) is 0 Å². The molecule has 1 aliphatic heterocycles. The van der Waals surface area contributed by atoms with Gasteiger partial charge in [-0.3, -0.25) is 9.48 Å². The number of carbonyl (C=O) groups excluding carboxylic acids is 1. The van der Waals surface area contributed by atoms with E-state index in [2.05, 4.69) is 5.10 Å². The number of hydrogen-bond acceptors (Lipinski definition) is 4. The van der Waals surface area contributed by atoms with Gasteiger partial charge in [0.15, 0.2) is 0 Å². The second-order valence-corrected chi connectivity index (χ2v) is 5.64. The molecule has 1 amide bonds. The molecule has 1 saturated heterocycles. The normalized spacial score (nSPS) is 21.5. The molecular weight excluding hydrogens is 292 g/mol. The highest BCUT2D eigenvalue weighted by molar-refractivity contribution is 5.86. The zero-order valence-corrected chi connectivity index (χ0v) is 13.5. The van der Waals surface area contributed by atoms with Crippen molar-refractivity contribution in [2.75, 3.05) is 19.7 Å². The lowest BCUT2D eigenvalue weighted by Crippen LogP contribution is -2.57. The minimum Gasteiger partial charge on any atom is -0.373 e. The topological polar surface area (TPSA) is 73.4 Å². The predicted octanol–water partition coefficient (Wildman–Crippen LogP) is 1.05. The van der Waals surface area contributed by atoms with E-state index < -0.39 is 5.54 Å². The molecule has 2 atom stereocenters. The van der Waals surface area contributed by atoms with E-state index >= 15 is 0 Å². The first-order chi connectivity index (χ1) is 9.53. The van der Waals surface area contributed by atoms with Crippen molar-refractivity contribution < 1.29 is 9.53 Å². The number of ether oxygens (including phenoxy) is 1. The number of nitrogens with zero attached hydrogens (tertiary/aromatic N) is 3. The minimum absolute atomic E-state index is 0. The van der Waals surface area contributed by atoms with E-state index in [-0.39, 0.29) is 24.4 Å². The number of morpholine rings is 1. The summed E-state index contributed by atoms with van der Waals surface area (Å²) < 4.78 is 7.53. The van der Waals surface area contributed by atoms with Crippen LogP contribution in [0.2, 0.25) is 0 Å². The zero-order valence-electron chi connectivity index (χ0n) is 12.7. The van der Waals surface area contributed by atoms with Crippen molar-refractivity contribution in [1.29, 1.82) is 0 Å². The van der Waals surface area contributed by atoms with Gasteiger partial charge in [-0.1, -0.05) is 13.3 Å². The second kappa shape index (κ2) is 7.77. The molecule has 0 aromatic carbocycles. The summed E-state index contributed by atoms with van der Waals surface area (Å²) in [5.74, 6) is 0.0214. The standard InChI is InChI=1S/C14H24N4O2.ClH/c1-3-5-14(2,15)13(19)17-8-9-20-12(10-17)11-18-7-4-6-16-18;/h4,6-7,12H,3,5,8-11,15H2,1-2H3;1H. The van der Waals surface area contributed by atoms with Crippen LogP contribution in [0.25, 0.3) is 0 Å². The predicted molar refractivity (Wildman–Crippen MR) is 83.3 cm³/mol. The molecule has 0 aliphatic carbocycles. The summed E-state index contributed by atoms with van der Waals surface area (Å²) in [6, 6.07) is 1.88. The fourth-order valence-electron chi connectivity index (χ4n) is 2.62. The van der Waals surface area contributed by atoms with Gasteiger partial charge in [0.1, 0.15) is 0 Å². The maximum absolute atomic E-state index is 12.5. The molecule has 0 bridgehead atoms. The summed E-state index contributed by atoms with van der Waals surface area (Å²) in [5, 5.41) is 4.17. The van der Waals surface area contributed by atoms with Crippen LogP contribution in [0.3, 0.4) is 0 Å². The smallest absolute Gasteiger partial charge is 0.242 e. The second-order valence-electron chi connectivity index (χ2n) is 5.64. The highest BCUT2D eigenvalue weighted by Crippen LogP contribution is 2.16. The number of hydrogen-bond donors (Lipinski definition) is 1. The number of halogens is 1. The van der Waals surface area contributed by atoms with E-state index in [4.69, 9.17) is 10.5 Å². The third-order valence-electron chi connectivity index (χ3n) is 3.63. The van der Waals surface area contributed by atoms with Gasteiger partial charge in [0, 0.05) is 25.5 Å². The van der Waals surface area contributed by atoms with E-state index in [9.17, 15) is 4.79 Å². The lowest BCUT2D eigenvalue weighted by molar-refractivity contribution is -0.144. The molecule has 2 rings (SSSR count). The number of carbonyl (C=O) groups is 1. The van der Waals surface area contributed by atoms with Gasteiger partial charge in [-0.05, 0) is 19.4 Å². The molecule has 1 aliphatic rings. The van der Waals surface area contributed by atoms with Crippen LogP contribution in [0.4, 0.5) is 0 Å². The first-order valence-electron chi connectivity index (χ1n) is 7.20. The molecule has 1 aromatic heterocycles. The molecule has 0 radical (unpaired) electrons. The van der Waals surface area contributed by atoms with Gasteiger partial charge < -0.3 is 15.4 Å². The molecule has 2 unspecified atom stereocenters. The Labute approximate surface area is 132 Å². The van der Waals surface area contributed by atoms with Crippen molar-refractivity contribution in [1.82, 2.24) is 14.7 Å². The van der Waals surface area contributed by atoms with Gasteiger partial charge in [-0.25, -0.2) is 0 Å². The van der Waals surface area contributed by atoms with Crippen LogP contribution in [0.1, 0.15) is 26.7 Å². The summed E-state index contributed by atoms with van der Waals surface area (Å²) >= 11 is 0. The Bertz CT molecular complexity index is 436. The summed E-state index contributed by atoms with van der Waals surface area (Å²) in [5.41, 5.74) is 5.36. The monoisotopic (exact) mass is 316 g/mol. The van der Waals surface area contributed by atoms with E-state index in [1.165, 1.54) is 0 Å². The number of amides is 1. The van der Waals surface area contributed by atoms with E-state index in [0.29, 0.717) is 32.7 Å². The third kappa shape index (κ3) is 4.69. The number of aromatic nitrogens is 2. The van der Waals surface area contributed by atoms with Crippen LogP contribution >= 0.6 is 12.4 Å². The maximum atomic E-state index is 12.5. The Morgan fingerprint density at radius 2 is 2.33 bits per heavy atom. The van der Waals surface area contributed by atoms with E-state index in [1.807, 2.05) is 35.7 Å². The average Bonchev–Trinajstić information content (AvgIpc) is 2.91. The number of rotatable bonds is 5. The number of nitrogens with two attached hydrogens (primary N) is 1. The van der Waals surface area contributed by atoms with Gasteiger partial charge in [-0.15, -0.1) is 12.4 Å². The minimum atomic E-state index is -0.775. The summed E-state index contributed by atoms with van der Waals surface area (Å²) in [6.07, 6.45) is 5.22. The molecule has 2 heterocycles. The van der Waals surface area contributed by atoms with Crippen LogP contribution in [0.15, 0.2) is 18.5 Å². The third-order valence-corrected chi connectivity index (χ3v) is 3.63. The van der Waals surface area contributed by atoms with Gasteiger partial charge in [0.25, 0.3) is 0 Å². The largest absolute Gasteiger partial charge is 0.373 e. The van der Waals surface area contributed by atoms with Crippen molar-refractivity contribution in [3.63, 3.8) is 0 Å². The first-order valence-corrected chi connectivity index (χ1v) is 7.20. The van der Waals surface area contributed by atoms with Crippen molar-refractivity contribution in [3.8, 4) is 0 Å². The lowest BCUT2D eigenvalue weighted by atomic mass is 9.95. The SMILES string of the molecule is CCCC(C)(N)C(=O)N1CCOC(Cn2cccn2)C1.Cl. The Kier molecular flexibility index (Phi) is 6.64. The van der Waals surface area contributed by atoms with Crippen LogP contribution in [-0.2, 0) is 16.1 Å². The molecule has 120 valence electrons. The van der Waals surface area contributed by atoms with Gasteiger partial charge in [0.05, 0.1) is 24.8 Å². The molecule has 2 N–H and O–H groups in total. The van der Waals surface area contributed by atoms with Gasteiger partial charge in [0.2, 0.25) is 5.91 Å². The maximum Gasteiger partial charge on any atom is 0.242 e. The molecule has 21 heavy (non-hydrogen) atoms.